The van der Waals surface area contributed by atoms with E-state index in [0.29, 0.717) is 10.8 Å². The van der Waals surface area contributed by atoms with Crippen molar-refractivity contribution >= 4 is 29.1 Å². The van der Waals surface area contributed by atoms with E-state index in [1.807, 2.05) is 6.07 Å². The predicted molar refractivity (Wildman–Crippen MR) is 94.7 cm³/mol. The van der Waals surface area contributed by atoms with Crippen LogP contribution in [-0.2, 0) is 6.54 Å². The van der Waals surface area contributed by atoms with Gasteiger partial charge in [0.05, 0.1) is 0 Å². The number of hydrogen-bond donors (Lipinski definition) is 1. The number of hydrogen-bond acceptors (Lipinski definition) is 3. The lowest BCUT2D eigenvalue weighted by molar-refractivity contribution is 0.633. The van der Waals surface area contributed by atoms with E-state index in [-0.39, 0.29) is 0 Å². The molecule has 4 heteroatoms. The normalized spacial score (nSPS) is 22.1. The minimum atomic E-state index is 0.389. The van der Waals surface area contributed by atoms with E-state index >= 15 is 0 Å². The van der Waals surface area contributed by atoms with Crippen molar-refractivity contribution in [3.63, 3.8) is 0 Å². The second kappa shape index (κ2) is 6.39. The third kappa shape index (κ3) is 4.08. The average Bonchev–Trinajstić information content (AvgIpc) is 3.25. The van der Waals surface area contributed by atoms with Crippen LogP contribution in [0, 0.1) is 0 Å². The van der Waals surface area contributed by atoms with Gasteiger partial charge < -0.3 is 10.2 Å². The summed E-state index contributed by atoms with van der Waals surface area (Å²) in [6.45, 7) is 7.84. The van der Waals surface area contributed by atoms with Crippen LogP contribution in [0.15, 0.2) is 18.2 Å². The second-order valence-corrected chi connectivity index (χ2v) is 8.95. The Hall–Kier alpha value is -0.380. The van der Waals surface area contributed by atoms with Gasteiger partial charge in [-0.25, -0.2) is 0 Å². The van der Waals surface area contributed by atoms with E-state index in [0.717, 1.165) is 24.7 Å². The molecule has 3 rings (SSSR count). The van der Waals surface area contributed by atoms with Crippen molar-refractivity contribution in [3.8, 4) is 0 Å². The molecule has 0 bridgehead atoms. The van der Waals surface area contributed by atoms with Gasteiger partial charge in [0.25, 0.3) is 0 Å². The Kier molecular flexibility index (Phi) is 4.72. The van der Waals surface area contributed by atoms with E-state index in [4.69, 9.17) is 11.6 Å². The van der Waals surface area contributed by atoms with E-state index < -0.39 is 0 Å². The summed E-state index contributed by atoms with van der Waals surface area (Å²) >= 11 is 8.57. The van der Waals surface area contributed by atoms with Crippen LogP contribution in [0.25, 0.3) is 0 Å². The van der Waals surface area contributed by atoms with Crippen LogP contribution in [0.2, 0.25) is 5.02 Å². The van der Waals surface area contributed by atoms with Crippen LogP contribution < -0.4 is 10.2 Å². The van der Waals surface area contributed by atoms with Crippen molar-refractivity contribution in [1.29, 1.82) is 0 Å². The second-order valence-electron chi connectivity index (χ2n) is 6.74. The number of nitrogens with zero attached hydrogens (tertiary/aromatic N) is 1. The van der Waals surface area contributed by atoms with E-state index in [9.17, 15) is 0 Å². The Morgan fingerprint density at radius 2 is 2.14 bits per heavy atom. The first-order chi connectivity index (χ1) is 10.1. The minimum Gasteiger partial charge on any atom is -0.370 e. The Morgan fingerprint density at radius 3 is 2.90 bits per heavy atom. The average molecular weight is 325 g/mol. The Labute approximate surface area is 137 Å². The van der Waals surface area contributed by atoms with Gasteiger partial charge in [-0.2, -0.15) is 11.8 Å². The van der Waals surface area contributed by atoms with Gasteiger partial charge in [-0.05, 0) is 31.4 Å². The molecule has 2 aliphatic rings. The van der Waals surface area contributed by atoms with Crippen LogP contribution in [0.3, 0.4) is 0 Å². The zero-order valence-corrected chi connectivity index (χ0v) is 14.6. The lowest BCUT2D eigenvalue weighted by Gasteiger charge is -2.27. The minimum absolute atomic E-state index is 0.389. The molecular weight excluding hydrogens is 300 g/mol. The van der Waals surface area contributed by atoms with Gasteiger partial charge in [-0.1, -0.05) is 31.5 Å². The van der Waals surface area contributed by atoms with Crippen molar-refractivity contribution in [2.45, 2.75) is 50.4 Å². The third-order valence-corrected chi connectivity index (χ3v) is 6.14. The summed E-state index contributed by atoms with van der Waals surface area (Å²) in [4.78, 5) is 2.53. The van der Waals surface area contributed by atoms with Gasteiger partial charge in [0.15, 0.2) is 0 Å². The van der Waals surface area contributed by atoms with Crippen molar-refractivity contribution < 1.29 is 0 Å². The molecule has 0 spiro atoms. The van der Waals surface area contributed by atoms with Gasteiger partial charge in [-0.15, -0.1) is 0 Å². The van der Waals surface area contributed by atoms with Crippen LogP contribution in [0.1, 0.15) is 38.7 Å². The highest BCUT2D eigenvalue weighted by atomic mass is 35.5. The molecule has 1 heterocycles. The van der Waals surface area contributed by atoms with Crippen LogP contribution in [0.4, 0.5) is 5.69 Å². The predicted octanol–water partition coefficient (Wildman–Crippen LogP) is 4.31. The summed E-state index contributed by atoms with van der Waals surface area (Å²) in [7, 11) is 0. The Bertz CT molecular complexity index is 500. The van der Waals surface area contributed by atoms with Crippen LogP contribution >= 0.6 is 23.4 Å². The molecule has 1 aromatic rings. The molecular formula is C17H25ClN2S. The SMILES string of the molecule is CC1(C)CCN(c2cccc(Cl)c2CNC2CC2)CCS1. The summed E-state index contributed by atoms with van der Waals surface area (Å²) in [5.41, 5.74) is 2.60. The molecule has 21 heavy (non-hydrogen) atoms. The maximum atomic E-state index is 6.48. The maximum absolute atomic E-state index is 6.48. The third-order valence-electron chi connectivity index (χ3n) is 4.42. The first-order valence-electron chi connectivity index (χ1n) is 7.95. The van der Waals surface area contributed by atoms with Crippen molar-refractivity contribution in [3.05, 3.63) is 28.8 Å². The smallest absolute Gasteiger partial charge is 0.0471 e. The molecule has 0 unspecified atom stereocenters. The highest BCUT2D eigenvalue weighted by molar-refractivity contribution is 8.00. The van der Waals surface area contributed by atoms with Crippen LogP contribution in [-0.4, -0.2) is 29.6 Å². The largest absolute Gasteiger partial charge is 0.370 e. The standard InChI is InChI=1S/C17H25ClN2S/c1-17(2)8-9-20(10-11-21-17)16-5-3-4-15(18)14(16)12-19-13-6-7-13/h3-5,13,19H,6-12H2,1-2H3. The molecule has 0 radical (unpaired) electrons. The van der Waals surface area contributed by atoms with Gasteiger partial charge in [0.2, 0.25) is 0 Å². The molecule has 0 amide bonds. The van der Waals surface area contributed by atoms with Crippen LogP contribution in [0.5, 0.6) is 0 Å². The molecule has 1 saturated carbocycles. The van der Waals surface area contributed by atoms with Crippen molar-refractivity contribution in [1.82, 2.24) is 5.32 Å². The summed E-state index contributed by atoms with van der Waals surface area (Å²) in [5, 5.41) is 4.51. The summed E-state index contributed by atoms with van der Waals surface area (Å²) in [6, 6.07) is 7.05. The Morgan fingerprint density at radius 1 is 1.33 bits per heavy atom. The quantitative estimate of drug-likeness (QED) is 0.888. The fourth-order valence-corrected chi connectivity index (χ4v) is 4.15. The highest BCUT2D eigenvalue weighted by Gasteiger charge is 2.26. The molecule has 1 aliphatic carbocycles. The zero-order valence-electron chi connectivity index (χ0n) is 13.0. The molecule has 1 saturated heterocycles. The number of anilines is 1. The van der Waals surface area contributed by atoms with E-state index in [2.05, 4.69) is 48.0 Å². The summed E-state index contributed by atoms with van der Waals surface area (Å²) in [5.74, 6) is 1.19. The maximum Gasteiger partial charge on any atom is 0.0471 e. The van der Waals surface area contributed by atoms with E-state index in [1.54, 1.807) is 0 Å². The van der Waals surface area contributed by atoms with Gasteiger partial charge >= 0.3 is 0 Å². The first-order valence-corrected chi connectivity index (χ1v) is 9.31. The molecule has 1 N–H and O–H groups in total. The fourth-order valence-electron chi connectivity index (χ4n) is 2.81. The fraction of sp³-hybridized carbons (Fsp3) is 0.647. The first kappa shape index (κ1) is 15.5. The summed E-state index contributed by atoms with van der Waals surface area (Å²) < 4.78 is 0.389. The summed E-state index contributed by atoms with van der Waals surface area (Å²) in [6.07, 6.45) is 3.85. The molecule has 116 valence electrons. The Balaban J connectivity index is 1.77. The number of nitrogens with one attached hydrogen (secondary N) is 1. The number of halogens is 1. The molecule has 0 atom stereocenters. The van der Waals surface area contributed by atoms with Crippen molar-refractivity contribution in [2.24, 2.45) is 0 Å². The molecule has 1 aliphatic heterocycles. The zero-order chi connectivity index (χ0) is 14.9. The van der Waals surface area contributed by atoms with E-state index in [1.165, 1.54) is 36.3 Å². The number of benzene rings is 1. The monoisotopic (exact) mass is 324 g/mol. The highest BCUT2D eigenvalue weighted by Crippen LogP contribution is 2.35. The lowest BCUT2D eigenvalue weighted by Crippen LogP contribution is -2.29. The van der Waals surface area contributed by atoms with Gasteiger partial charge in [0.1, 0.15) is 0 Å². The van der Waals surface area contributed by atoms with Gasteiger partial charge in [-0.3, -0.25) is 0 Å². The lowest BCUT2D eigenvalue weighted by atomic mass is 10.1. The number of rotatable bonds is 4. The molecule has 0 aromatic heterocycles. The molecule has 1 aromatic carbocycles. The topological polar surface area (TPSA) is 15.3 Å². The number of thioether (sulfide) groups is 1. The van der Waals surface area contributed by atoms with Crippen molar-refractivity contribution in [2.75, 3.05) is 23.7 Å². The van der Waals surface area contributed by atoms with Gasteiger partial charge in [0, 0.05) is 52.4 Å². The molecule has 2 nitrogen and oxygen atoms in total. The molecule has 2 fully saturated rings.